The highest BCUT2D eigenvalue weighted by Gasteiger charge is 2.33. The summed E-state index contributed by atoms with van der Waals surface area (Å²) < 4.78 is 36.7. The molecule has 0 unspecified atom stereocenters. The quantitative estimate of drug-likeness (QED) is 0.777. The second-order valence-electron chi connectivity index (χ2n) is 2.72. The predicted octanol–water partition coefficient (Wildman–Crippen LogP) is 1.80. The highest BCUT2D eigenvalue weighted by Crippen LogP contribution is 2.32. The van der Waals surface area contributed by atoms with Gasteiger partial charge in [-0.1, -0.05) is 27.5 Å². The van der Waals surface area contributed by atoms with Crippen molar-refractivity contribution in [3.63, 3.8) is 0 Å². The van der Waals surface area contributed by atoms with Crippen LogP contribution in [0.5, 0.6) is 0 Å². The topological polar surface area (TPSA) is 40.5 Å². The largest absolute Gasteiger partial charge is 0.491 e. The minimum Gasteiger partial charge on any atom is -0.423 e. The zero-order chi connectivity index (χ0) is 11.8. The normalized spacial score (nSPS) is 11.7. The van der Waals surface area contributed by atoms with Gasteiger partial charge in [-0.3, -0.25) is 0 Å². The predicted molar refractivity (Wildman–Crippen MR) is 54.0 cm³/mol. The molecule has 0 radical (unpaired) electrons. The lowest BCUT2D eigenvalue weighted by molar-refractivity contribution is -0.137. The van der Waals surface area contributed by atoms with Crippen LogP contribution in [0.4, 0.5) is 13.2 Å². The molecule has 0 bridgehead atoms. The van der Waals surface area contributed by atoms with Crippen LogP contribution in [0.25, 0.3) is 0 Å². The lowest BCUT2D eigenvalue weighted by atomic mass is 9.80. The van der Waals surface area contributed by atoms with Gasteiger partial charge in [-0.25, -0.2) is 0 Å². The van der Waals surface area contributed by atoms with Crippen LogP contribution in [0.3, 0.4) is 0 Å². The molecule has 1 rings (SSSR count). The van der Waals surface area contributed by atoms with Crippen LogP contribution in [-0.4, -0.2) is 17.2 Å². The molecule has 0 saturated carbocycles. The Morgan fingerprint density at radius 1 is 1.27 bits per heavy atom. The Morgan fingerprint density at radius 3 is 2.13 bits per heavy atom. The van der Waals surface area contributed by atoms with Crippen LogP contribution in [0.1, 0.15) is 5.56 Å². The smallest absolute Gasteiger partial charge is 0.423 e. The zero-order valence-electron chi connectivity index (χ0n) is 7.02. The number of halogens is 5. The number of rotatable bonds is 1. The van der Waals surface area contributed by atoms with E-state index in [9.17, 15) is 13.2 Å². The van der Waals surface area contributed by atoms with Crippen molar-refractivity contribution < 1.29 is 23.2 Å². The minimum atomic E-state index is -4.52. The van der Waals surface area contributed by atoms with Crippen molar-refractivity contribution in [2.24, 2.45) is 0 Å². The highest BCUT2D eigenvalue weighted by atomic mass is 79.9. The van der Waals surface area contributed by atoms with E-state index in [0.717, 1.165) is 6.07 Å². The Bertz CT molecular complexity index is 360. The van der Waals surface area contributed by atoms with E-state index in [-0.39, 0.29) is 15.0 Å². The Kier molecular flexibility index (Phi) is 3.70. The third-order valence-electron chi connectivity index (χ3n) is 1.66. The van der Waals surface area contributed by atoms with Gasteiger partial charge < -0.3 is 10.0 Å². The number of alkyl halides is 3. The molecule has 0 aliphatic carbocycles. The van der Waals surface area contributed by atoms with Gasteiger partial charge in [0.1, 0.15) is 0 Å². The average molecular weight is 303 g/mol. The van der Waals surface area contributed by atoms with E-state index in [0.29, 0.717) is 6.07 Å². The summed E-state index contributed by atoms with van der Waals surface area (Å²) in [4.78, 5) is 0. The summed E-state index contributed by atoms with van der Waals surface area (Å²) >= 11 is 8.27. The molecule has 82 valence electrons. The third kappa shape index (κ3) is 2.87. The second kappa shape index (κ2) is 4.33. The molecule has 0 fully saturated rings. The van der Waals surface area contributed by atoms with E-state index in [1.54, 1.807) is 0 Å². The molecule has 2 N–H and O–H groups in total. The van der Waals surface area contributed by atoms with Crippen molar-refractivity contribution in [1.29, 1.82) is 0 Å². The fraction of sp³-hybridized carbons (Fsp3) is 0.143. The van der Waals surface area contributed by atoms with Crippen LogP contribution in [0.2, 0.25) is 5.02 Å². The van der Waals surface area contributed by atoms with E-state index >= 15 is 0 Å². The van der Waals surface area contributed by atoms with E-state index in [4.69, 9.17) is 21.6 Å². The summed E-state index contributed by atoms with van der Waals surface area (Å²) in [6.07, 6.45) is -4.52. The van der Waals surface area contributed by atoms with Gasteiger partial charge in [-0.2, -0.15) is 13.2 Å². The molecule has 1 aromatic rings. The van der Waals surface area contributed by atoms with Crippen molar-refractivity contribution >= 4 is 40.1 Å². The lowest BCUT2D eigenvalue weighted by Crippen LogP contribution is -2.32. The maximum absolute atomic E-state index is 12.3. The van der Waals surface area contributed by atoms with Gasteiger partial charge in [0, 0.05) is 15.0 Å². The lowest BCUT2D eigenvalue weighted by Gasteiger charge is -2.11. The summed E-state index contributed by atoms with van der Waals surface area (Å²) in [7, 11) is -1.92. The SMILES string of the molecule is OB(O)c1c(Cl)cc(C(F)(F)F)cc1Br. The first-order valence-electron chi connectivity index (χ1n) is 3.65. The van der Waals surface area contributed by atoms with Crippen molar-refractivity contribution in [1.82, 2.24) is 0 Å². The monoisotopic (exact) mass is 302 g/mol. The van der Waals surface area contributed by atoms with Crippen molar-refractivity contribution in [2.45, 2.75) is 6.18 Å². The molecular weight excluding hydrogens is 299 g/mol. The Balaban J connectivity index is 3.32. The van der Waals surface area contributed by atoms with Gasteiger partial charge in [0.2, 0.25) is 0 Å². The Morgan fingerprint density at radius 2 is 1.80 bits per heavy atom. The maximum Gasteiger partial charge on any atom is 0.491 e. The van der Waals surface area contributed by atoms with Crippen LogP contribution in [0.15, 0.2) is 16.6 Å². The van der Waals surface area contributed by atoms with E-state index in [1.807, 2.05) is 0 Å². The van der Waals surface area contributed by atoms with Gasteiger partial charge >= 0.3 is 13.3 Å². The molecule has 8 heteroatoms. The van der Waals surface area contributed by atoms with E-state index in [2.05, 4.69) is 15.9 Å². The average Bonchev–Trinajstić information content (AvgIpc) is 1.99. The molecule has 0 atom stereocenters. The molecule has 15 heavy (non-hydrogen) atoms. The van der Waals surface area contributed by atoms with Crippen molar-refractivity contribution in [3.05, 3.63) is 27.2 Å². The minimum absolute atomic E-state index is 0.0997. The molecule has 0 aliphatic rings. The fourth-order valence-electron chi connectivity index (χ4n) is 0.995. The Hall–Kier alpha value is -0.235. The molecule has 1 aromatic carbocycles. The van der Waals surface area contributed by atoms with Crippen molar-refractivity contribution in [3.8, 4) is 0 Å². The van der Waals surface area contributed by atoms with E-state index in [1.165, 1.54) is 0 Å². The van der Waals surface area contributed by atoms with Gasteiger partial charge in [0.15, 0.2) is 0 Å². The highest BCUT2D eigenvalue weighted by molar-refractivity contribution is 9.10. The summed E-state index contributed by atoms with van der Waals surface area (Å²) in [5.41, 5.74) is -1.14. The van der Waals surface area contributed by atoms with Crippen LogP contribution in [-0.2, 0) is 6.18 Å². The molecule has 0 heterocycles. The standard InChI is InChI=1S/C7H4BBrClF3O2/c9-4-1-3(7(11,12)13)2-5(10)6(4)8(14)15/h1-2,14-15H. The first-order chi connectivity index (χ1) is 6.73. The zero-order valence-corrected chi connectivity index (χ0v) is 9.36. The molecule has 0 spiro atoms. The molecular formula is C7H4BBrClF3O2. The van der Waals surface area contributed by atoms with E-state index < -0.39 is 18.9 Å². The molecule has 0 amide bonds. The number of hydrogen-bond donors (Lipinski definition) is 2. The van der Waals surface area contributed by atoms with Crippen LogP contribution >= 0.6 is 27.5 Å². The van der Waals surface area contributed by atoms with Crippen LogP contribution in [0, 0.1) is 0 Å². The van der Waals surface area contributed by atoms with Crippen LogP contribution < -0.4 is 5.46 Å². The second-order valence-corrected chi connectivity index (χ2v) is 3.99. The first-order valence-corrected chi connectivity index (χ1v) is 4.83. The van der Waals surface area contributed by atoms with Gasteiger partial charge in [0.25, 0.3) is 0 Å². The third-order valence-corrected chi connectivity index (χ3v) is 2.63. The summed E-state index contributed by atoms with van der Waals surface area (Å²) in [6, 6.07) is 1.38. The maximum atomic E-state index is 12.3. The summed E-state index contributed by atoms with van der Waals surface area (Å²) in [5, 5.41) is 17.3. The van der Waals surface area contributed by atoms with Gasteiger partial charge in [0.05, 0.1) is 5.56 Å². The van der Waals surface area contributed by atoms with Crippen molar-refractivity contribution in [2.75, 3.05) is 0 Å². The fourth-order valence-corrected chi connectivity index (χ4v) is 2.09. The molecule has 0 saturated heterocycles. The Labute approximate surface area is 96.9 Å². The molecule has 0 aliphatic heterocycles. The molecule has 0 aromatic heterocycles. The number of hydrogen-bond acceptors (Lipinski definition) is 2. The summed E-state index contributed by atoms with van der Waals surface area (Å²) in [5.74, 6) is 0. The van der Waals surface area contributed by atoms with Gasteiger partial charge in [-0.05, 0) is 12.1 Å². The molecule has 2 nitrogen and oxygen atoms in total. The summed E-state index contributed by atoms with van der Waals surface area (Å²) in [6.45, 7) is 0. The number of benzene rings is 1. The first kappa shape index (κ1) is 12.8. The van der Waals surface area contributed by atoms with Gasteiger partial charge in [-0.15, -0.1) is 0 Å².